The molecule has 1 saturated carbocycles. The van der Waals surface area contributed by atoms with E-state index in [0.29, 0.717) is 5.92 Å². The van der Waals surface area contributed by atoms with Crippen LogP contribution < -0.4 is 5.73 Å². The first-order chi connectivity index (χ1) is 9.27. The highest BCUT2D eigenvalue weighted by Gasteiger charge is 2.41. The van der Waals surface area contributed by atoms with Gasteiger partial charge in [-0.25, -0.2) is 0 Å². The Kier molecular flexibility index (Phi) is 3.87. The van der Waals surface area contributed by atoms with Gasteiger partial charge in [-0.1, -0.05) is 30.3 Å². The van der Waals surface area contributed by atoms with Gasteiger partial charge in [0.15, 0.2) is 5.79 Å². The van der Waals surface area contributed by atoms with Crippen LogP contribution >= 0.6 is 0 Å². The molecule has 1 aromatic rings. The lowest BCUT2D eigenvalue weighted by atomic mass is 9.79. The van der Waals surface area contributed by atoms with Crippen molar-refractivity contribution in [2.75, 3.05) is 13.2 Å². The van der Waals surface area contributed by atoms with Gasteiger partial charge in [-0.05, 0) is 30.7 Å². The Balaban J connectivity index is 1.53. The van der Waals surface area contributed by atoms with Crippen molar-refractivity contribution in [2.45, 2.75) is 43.9 Å². The SMILES string of the molecule is NC(Cc1ccccc1)C1CCC2(CC1)OCCO2. The smallest absolute Gasteiger partial charge is 0.168 e. The van der Waals surface area contributed by atoms with Gasteiger partial charge >= 0.3 is 0 Å². The summed E-state index contributed by atoms with van der Waals surface area (Å²) in [6.07, 6.45) is 5.21. The summed E-state index contributed by atoms with van der Waals surface area (Å²) >= 11 is 0. The monoisotopic (exact) mass is 261 g/mol. The molecule has 1 spiro atoms. The molecule has 3 rings (SSSR count). The second kappa shape index (κ2) is 5.61. The third-order valence-corrected chi connectivity index (χ3v) is 4.53. The predicted molar refractivity (Wildman–Crippen MR) is 74.7 cm³/mol. The highest BCUT2D eigenvalue weighted by atomic mass is 16.7. The molecule has 1 aromatic carbocycles. The molecule has 19 heavy (non-hydrogen) atoms. The van der Waals surface area contributed by atoms with Crippen LogP contribution in [0.4, 0.5) is 0 Å². The first-order valence-corrected chi connectivity index (χ1v) is 7.35. The van der Waals surface area contributed by atoms with E-state index >= 15 is 0 Å². The summed E-state index contributed by atoms with van der Waals surface area (Å²) in [6, 6.07) is 10.8. The number of nitrogens with two attached hydrogens (primary N) is 1. The number of benzene rings is 1. The lowest BCUT2D eigenvalue weighted by Crippen LogP contribution is -2.41. The lowest BCUT2D eigenvalue weighted by molar-refractivity contribution is -0.183. The second-order valence-corrected chi connectivity index (χ2v) is 5.80. The fourth-order valence-corrected chi connectivity index (χ4v) is 3.35. The Morgan fingerprint density at radius 1 is 1.11 bits per heavy atom. The van der Waals surface area contributed by atoms with Crippen LogP contribution in [0.1, 0.15) is 31.2 Å². The highest BCUT2D eigenvalue weighted by Crippen LogP contribution is 2.39. The van der Waals surface area contributed by atoms with E-state index < -0.39 is 0 Å². The molecular weight excluding hydrogens is 238 g/mol. The summed E-state index contributed by atoms with van der Waals surface area (Å²) in [5.74, 6) is 0.335. The van der Waals surface area contributed by atoms with Crippen molar-refractivity contribution >= 4 is 0 Å². The zero-order valence-electron chi connectivity index (χ0n) is 11.4. The molecule has 104 valence electrons. The minimum atomic E-state index is -0.261. The Labute approximate surface area is 115 Å². The van der Waals surface area contributed by atoms with Crippen LogP contribution in [0.15, 0.2) is 30.3 Å². The van der Waals surface area contributed by atoms with Crippen molar-refractivity contribution in [3.8, 4) is 0 Å². The van der Waals surface area contributed by atoms with Crippen LogP contribution in [-0.4, -0.2) is 25.0 Å². The summed E-state index contributed by atoms with van der Waals surface area (Å²) in [5.41, 5.74) is 7.72. The first-order valence-electron chi connectivity index (χ1n) is 7.35. The largest absolute Gasteiger partial charge is 0.348 e. The molecule has 1 heterocycles. The maximum Gasteiger partial charge on any atom is 0.168 e. The van der Waals surface area contributed by atoms with Crippen LogP contribution in [0.5, 0.6) is 0 Å². The van der Waals surface area contributed by atoms with Crippen molar-refractivity contribution in [1.29, 1.82) is 0 Å². The predicted octanol–water partition coefficient (Wildman–Crippen LogP) is 2.49. The van der Waals surface area contributed by atoms with E-state index in [1.807, 2.05) is 6.07 Å². The minimum Gasteiger partial charge on any atom is -0.348 e. The fourth-order valence-electron chi connectivity index (χ4n) is 3.35. The molecule has 0 radical (unpaired) electrons. The van der Waals surface area contributed by atoms with Gasteiger partial charge in [0.05, 0.1) is 13.2 Å². The quantitative estimate of drug-likeness (QED) is 0.909. The van der Waals surface area contributed by atoms with E-state index in [4.69, 9.17) is 15.2 Å². The summed E-state index contributed by atoms with van der Waals surface area (Å²) in [7, 11) is 0. The molecule has 1 saturated heterocycles. The molecule has 1 unspecified atom stereocenters. The Morgan fingerprint density at radius 3 is 2.37 bits per heavy atom. The van der Waals surface area contributed by atoms with Crippen LogP contribution in [0, 0.1) is 5.92 Å². The van der Waals surface area contributed by atoms with Crippen molar-refractivity contribution in [3.63, 3.8) is 0 Å². The third kappa shape index (κ3) is 2.99. The van der Waals surface area contributed by atoms with Crippen LogP contribution in [0.2, 0.25) is 0 Å². The molecule has 1 atom stereocenters. The van der Waals surface area contributed by atoms with Gasteiger partial charge < -0.3 is 15.2 Å². The number of rotatable bonds is 3. The molecule has 2 N–H and O–H groups in total. The topological polar surface area (TPSA) is 44.5 Å². The second-order valence-electron chi connectivity index (χ2n) is 5.80. The zero-order chi connectivity index (χ0) is 13.1. The van der Waals surface area contributed by atoms with Crippen molar-refractivity contribution in [3.05, 3.63) is 35.9 Å². The maximum absolute atomic E-state index is 6.39. The molecule has 3 heteroatoms. The lowest BCUT2D eigenvalue weighted by Gasteiger charge is -2.37. The molecule has 0 aromatic heterocycles. The Morgan fingerprint density at radius 2 is 1.74 bits per heavy atom. The van der Waals surface area contributed by atoms with Crippen LogP contribution in [-0.2, 0) is 15.9 Å². The summed E-state index contributed by atoms with van der Waals surface area (Å²) < 4.78 is 11.5. The Hall–Kier alpha value is -0.900. The molecule has 0 amide bonds. The van der Waals surface area contributed by atoms with Crippen molar-refractivity contribution in [1.82, 2.24) is 0 Å². The highest BCUT2D eigenvalue weighted by molar-refractivity contribution is 5.16. The van der Waals surface area contributed by atoms with Gasteiger partial charge in [0.1, 0.15) is 0 Å². The summed E-state index contributed by atoms with van der Waals surface area (Å²) in [4.78, 5) is 0. The van der Waals surface area contributed by atoms with Crippen LogP contribution in [0.25, 0.3) is 0 Å². The van der Waals surface area contributed by atoms with Gasteiger partial charge in [-0.3, -0.25) is 0 Å². The van der Waals surface area contributed by atoms with Gasteiger partial charge in [0, 0.05) is 18.9 Å². The average Bonchev–Trinajstić information content (AvgIpc) is 2.89. The van der Waals surface area contributed by atoms with E-state index in [0.717, 1.165) is 45.3 Å². The molecule has 2 aliphatic rings. The normalized spacial score (nSPS) is 24.7. The van der Waals surface area contributed by atoms with Gasteiger partial charge in [-0.2, -0.15) is 0 Å². The van der Waals surface area contributed by atoms with Crippen LogP contribution in [0.3, 0.4) is 0 Å². The summed E-state index contributed by atoms with van der Waals surface area (Å²) in [5, 5.41) is 0. The van der Waals surface area contributed by atoms with E-state index in [2.05, 4.69) is 24.3 Å². The van der Waals surface area contributed by atoms with E-state index in [1.165, 1.54) is 5.56 Å². The first kappa shape index (κ1) is 13.1. The van der Waals surface area contributed by atoms with Gasteiger partial charge in [0.2, 0.25) is 0 Å². The number of hydrogen-bond donors (Lipinski definition) is 1. The minimum absolute atomic E-state index is 0.251. The van der Waals surface area contributed by atoms with Crippen molar-refractivity contribution in [2.24, 2.45) is 11.7 Å². The van der Waals surface area contributed by atoms with E-state index in [1.54, 1.807) is 0 Å². The number of hydrogen-bond acceptors (Lipinski definition) is 3. The average molecular weight is 261 g/mol. The molecule has 3 nitrogen and oxygen atoms in total. The molecule has 1 aliphatic carbocycles. The number of ether oxygens (including phenoxy) is 2. The zero-order valence-corrected chi connectivity index (χ0v) is 11.4. The molecular formula is C16H23NO2. The van der Waals surface area contributed by atoms with Crippen molar-refractivity contribution < 1.29 is 9.47 Å². The standard InChI is InChI=1S/C16H23NO2/c17-15(12-13-4-2-1-3-5-13)14-6-8-16(9-7-14)18-10-11-19-16/h1-5,14-15H,6-12,17H2. The van der Waals surface area contributed by atoms with E-state index in [9.17, 15) is 0 Å². The molecule has 2 fully saturated rings. The maximum atomic E-state index is 6.39. The molecule has 0 bridgehead atoms. The van der Waals surface area contributed by atoms with E-state index in [-0.39, 0.29) is 11.8 Å². The van der Waals surface area contributed by atoms with Gasteiger partial charge in [0.25, 0.3) is 0 Å². The van der Waals surface area contributed by atoms with Gasteiger partial charge in [-0.15, -0.1) is 0 Å². The fraction of sp³-hybridized carbons (Fsp3) is 0.625. The Bertz CT molecular complexity index is 390. The molecule has 1 aliphatic heterocycles. The summed E-state index contributed by atoms with van der Waals surface area (Å²) in [6.45, 7) is 1.50. The third-order valence-electron chi connectivity index (χ3n) is 4.53.